The minimum absolute atomic E-state index is 0.388. The van der Waals surface area contributed by atoms with E-state index in [2.05, 4.69) is 41.4 Å². The quantitative estimate of drug-likeness (QED) is 0.890. The number of benzene rings is 2. The number of ether oxygens (including phenoxy) is 2. The first kappa shape index (κ1) is 17.9. The van der Waals surface area contributed by atoms with E-state index in [-0.39, 0.29) is 0 Å². The Kier molecular flexibility index (Phi) is 4.79. The lowest BCUT2D eigenvalue weighted by Crippen LogP contribution is -2.39. The minimum Gasteiger partial charge on any atom is -0.493 e. The highest BCUT2D eigenvalue weighted by Crippen LogP contribution is 2.51. The maximum atomic E-state index is 12.0. The summed E-state index contributed by atoms with van der Waals surface area (Å²) < 4.78 is 11.2. The third-order valence-corrected chi connectivity index (χ3v) is 5.66. The number of nitrogens with zero attached hydrogens (tertiary/aromatic N) is 1. The van der Waals surface area contributed by atoms with Crippen molar-refractivity contribution >= 4 is 6.09 Å². The third-order valence-electron chi connectivity index (χ3n) is 5.66. The highest BCUT2D eigenvalue weighted by Gasteiger charge is 2.36. The number of carbonyl (C=O) groups excluding carboxylic acids is 1. The van der Waals surface area contributed by atoms with Crippen molar-refractivity contribution in [2.45, 2.75) is 32.2 Å². The van der Waals surface area contributed by atoms with E-state index in [0.29, 0.717) is 17.5 Å². The smallest absolute Gasteiger partial charge is 0.412 e. The lowest BCUT2D eigenvalue weighted by Gasteiger charge is -2.42. The predicted molar refractivity (Wildman–Crippen MR) is 106 cm³/mol. The molecule has 27 heavy (non-hydrogen) atoms. The highest BCUT2D eigenvalue weighted by atomic mass is 16.6. The first-order valence-electron chi connectivity index (χ1n) is 9.63. The lowest BCUT2D eigenvalue weighted by atomic mass is 9.76. The van der Waals surface area contributed by atoms with Crippen LogP contribution < -0.4 is 14.8 Å². The fourth-order valence-electron chi connectivity index (χ4n) is 4.51. The molecule has 0 bridgehead atoms. The molecule has 1 amide bonds. The second kappa shape index (κ2) is 7.24. The molecule has 1 atom stereocenters. The van der Waals surface area contributed by atoms with Crippen molar-refractivity contribution in [3.63, 3.8) is 0 Å². The Morgan fingerprint density at radius 1 is 1.26 bits per heavy atom. The average molecular weight is 366 g/mol. The van der Waals surface area contributed by atoms with Gasteiger partial charge in [-0.25, -0.2) is 4.79 Å². The Labute approximate surface area is 160 Å². The summed E-state index contributed by atoms with van der Waals surface area (Å²) in [7, 11) is 3.17. The van der Waals surface area contributed by atoms with Gasteiger partial charge < -0.3 is 14.8 Å². The lowest BCUT2D eigenvalue weighted by molar-refractivity contribution is 0.182. The molecule has 4 rings (SSSR count). The van der Waals surface area contributed by atoms with Gasteiger partial charge in [0.15, 0.2) is 11.5 Å². The molecule has 1 aliphatic carbocycles. The molecule has 1 unspecified atom stereocenters. The van der Waals surface area contributed by atoms with Crippen molar-refractivity contribution < 1.29 is 14.3 Å². The topological polar surface area (TPSA) is 50.8 Å². The van der Waals surface area contributed by atoms with Crippen molar-refractivity contribution in [1.29, 1.82) is 0 Å². The van der Waals surface area contributed by atoms with Crippen LogP contribution in [0.3, 0.4) is 0 Å². The van der Waals surface area contributed by atoms with Gasteiger partial charge in [0.25, 0.3) is 0 Å². The number of nitrogens with one attached hydrogen (secondary N) is 1. The van der Waals surface area contributed by atoms with Gasteiger partial charge in [-0.15, -0.1) is 0 Å². The van der Waals surface area contributed by atoms with Gasteiger partial charge in [-0.2, -0.15) is 0 Å². The average Bonchev–Trinajstić information content (AvgIpc) is 2.70. The van der Waals surface area contributed by atoms with Gasteiger partial charge >= 0.3 is 6.09 Å². The molecule has 0 saturated carbocycles. The van der Waals surface area contributed by atoms with Crippen molar-refractivity contribution in [2.75, 3.05) is 27.2 Å². The summed E-state index contributed by atoms with van der Waals surface area (Å²) in [6, 6.07) is 10.9. The maximum Gasteiger partial charge on any atom is 0.412 e. The number of methoxy groups -OCH3 is 1. The van der Waals surface area contributed by atoms with Crippen LogP contribution in [0.25, 0.3) is 11.1 Å². The first-order chi connectivity index (χ1) is 13.2. The molecule has 2 aromatic rings. The zero-order chi connectivity index (χ0) is 19.0. The van der Waals surface area contributed by atoms with Gasteiger partial charge in [0.1, 0.15) is 0 Å². The van der Waals surface area contributed by atoms with E-state index in [1.807, 2.05) is 6.07 Å². The fourth-order valence-corrected chi connectivity index (χ4v) is 4.51. The van der Waals surface area contributed by atoms with E-state index in [4.69, 9.17) is 9.47 Å². The number of rotatable bonds is 4. The zero-order valence-electron chi connectivity index (χ0n) is 16.2. The Hall–Kier alpha value is -2.53. The molecule has 1 aliphatic heterocycles. The molecule has 0 spiro atoms. The predicted octanol–water partition coefficient (Wildman–Crippen LogP) is 3.95. The van der Waals surface area contributed by atoms with Crippen molar-refractivity contribution in [1.82, 2.24) is 10.2 Å². The molecule has 0 aromatic heterocycles. The minimum atomic E-state index is -0.485. The highest BCUT2D eigenvalue weighted by molar-refractivity contribution is 5.85. The summed E-state index contributed by atoms with van der Waals surface area (Å²) >= 11 is 0. The van der Waals surface area contributed by atoms with Gasteiger partial charge in [0.2, 0.25) is 0 Å². The van der Waals surface area contributed by atoms with Crippen LogP contribution in [-0.2, 0) is 12.8 Å². The number of fused-ring (bicyclic) bond motifs is 2. The number of hydrogen-bond donors (Lipinski definition) is 1. The summed E-state index contributed by atoms with van der Waals surface area (Å²) in [4.78, 5) is 14.6. The van der Waals surface area contributed by atoms with Crippen LogP contribution in [0.15, 0.2) is 30.3 Å². The Bertz CT molecular complexity index is 878. The van der Waals surface area contributed by atoms with E-state index < -0.39 is 6.09 Å². The zero-order valence-corrected chi connectivity index (χ0v) is 16.2. The van der Waals surface area contributed by atoms with E-state index in [9.17, 15) is 4.79 Å². The Balaban J connectivity index is 1.91. The number of amides is 1. The molecule has 142 valence electrons. The van der Waals surface area contributed by atoms with Crippen molar-refractivity contribution in [3.8, 4) is 22.6 Å². The van der Waals surface area contributed by atoms with E-state index in [0.717, 1.165) is 43.5 Å². The molecule has 5 heteroatoms. The van der Waals surface area contributed by atoms with Crippen LogP contribution in [0.2, 0.25) is 0 Å². The van der Waals surface area contributed by atoms with Gasteiger partial charge in [-0.3, -0.25) is 4.90 Å². The molecule has 2 aliphatic rings. The summed E-state index contributed by atoms with van der Waals surface area (Å²) in [6.07, 6.45) is 2.65. The monoisotopic (exact) mass is 366 g/mol. The summed E-state index contributed by atoms with van der Waals surface area (Å²) in [5, 5.41) is 2.54. The van der Waals surface area contributed by atoms with Crippen LogP contribution in [0.5, 0.6) is 11.5 Å². The van der Waals surface area contributed by atoms with E-state index in [1.165, 1.54) is 16.7 Å². The van der Waals surface area contributed by atoms with Gasteiger partial charge in [0.05, 0.1) is 7.11 Å². The molecular weight excluding hydrogens is 340 g/mol. The molecule has 2 aromatic carbocycles. The molecule has 0 fully saturated rings. The summed E-state index contributed by atoms with van der Waals surface area (Å²) in [5.74, 6) is 1.09. The van der Waals surface area contributed by atoms with Crippen LogP contribution in [0.4, 0.5) is 4.79 Å². The van der Waals surface area contributed by atoms with E-state index >= 15 is 0 Å². The van der Waals surface area contributed by atoms with Crippen LogP contribution in [0.1, 0.15) is 36.1 Å². The van der Waals surface area contributed by atoms with Crippen molar-refractivity contribution in [2.24, 2.45) is 0 Å². The molecule has 5 nitrogen and oxygen atoms in total. The Morgan fingerprint density at radius 2 is 2.11 bits per heavy atom. The van der Waals surface area contributed by atoms with Gasteiger partial charge in [-0.05, 0) is 54.1 Å². The number of carbonyl (C=O) groups is 1. The summed E-state index contributed by atoms with van der Waals surface area (Å²) in [6.45, 7) is 4.44. The van der Waals surface area contributed by atoms with E-state index in [1.54, 1.807) is 14.2 Å². The van der Waals surface area contributed by atoms with Crippen LogP contribution in [-0.4, -0.2) is 38.2 Å². The molecule has 0 saturated heterocycles. The summed E-state index contributed by atoms with van der Waals surface area (Å²) in [5.41, 5.74) is 6.15. The fraction of sp³-hybridized carbons (Fsp3) is 0.409. The van der Waals surface area contributed by atoms with Crippen LogP contribution >= 0.6 is 0 Å². The second-order valence-corrected chi connectivity index (χ2v) is 7.15. The maximum absolute atomic E-state index is 12.0. The SMILES string of the molecule is CCCN1CCc2cccc3c2C1Cc1ccc(OC)c(OC(=O)NC)c1-3. The normalized spacial score (nSPS) is 17.7. The van der Waals surface area contributed by atoms with Gasteiger partial charge in [-0.1, -0.05) is 31.2 Å². The largest absolute Gasteiger partial charge is 0.493 e. The first-order valence-corrected chi connectivity index (χ1v) is 9.63. The number of hydrogen-bond acceptors (Lipinski definition) is 4. The molecule has 1 N–H and O–H groups in total. The molecule has 1 heterocycles. The van der Waals surface area contributed by atoms with Crippen molar-refractivity contribution in [3.05, 3.63) is 47.0 Å². The second-order valence-electron chi connectivity index (χ2n) is 7.15. The van der Waals surface area contributed by atoms with Gasteiger partial charge in [0, 0.05) is 25.2 Å². The molecule has 0 radical (unpaired) electrons. The Morgan fingerprint density at radius 3 is 2.85 bits per heavy atom. The molecular formula is C22H26N2O3. The third kappa shape index (κ3) is 2.96. The van der Waals surface area contributed by atoms with Crippen LogP contribution in [0, 0.1) is 0 Å². The standard InChI is InChI=1S/C22H26N2O3/c1-4-11-24-12-10-14-6-5-7-16-19(14)17(24)13-15-8-9-18(26-3)21(20(15)16)27-22(25)23-2/h5-9,17H,4,10-13H2,1-3H3,(H,23,25).